The van der Waals surface area contributed by atoms with E-state index in [9.17, 15) is 9.59 Å². The van der Waals surface area contributed by atoms with Crippen molar-refractivity contribution in [2.45, 2.75) is 6.92 Å². The van der Waals surface area contributed by atoms with E-state index in [2.05, 4.69) is 15.9 Å². The van der Waals surface area contributed by atoms with Gasteiger partial charge in [0, 0.05) is 23.8 Å². The lowest BCUT2D eigenvalue weighted by molar-refractivity contribution is 0.0734. The Bertz CT molecular complexity index is 927. The van der Waals surface area contributed by atoms with Crippen LogP contribution in [0.5, 0.6) is 5.75 Å². The number of ether oxygens (including phenoxy) is 1. The lowest BCUT2D eigenvalue weighted by atomic mass is 10.2. The van der Waals surface area contributed by atoms with Crippen LogP contribution in [-0.4, -0.2) is 16.3 Å². The molecule has 1 aromatic heterocycles. The average Bonchev–Trinajstić information content (AvgIpc) is 2.80. The summed E-state index contributed by atoms with van der Waals surface area (Å²) in [6.07, 6.45) is 0. The second kappa shape index (κ2) is 6.01. The zero-order valence-electron chi connectivity index (χ0n) is 12.7. The molecule has 3 aromatic rings. The summed E-state index contributed by atoms with van der Waals surface area (Å²) in [5.41, 5.74) is 1.64. The highest BCUT2D eigenvalue weighted by Gasteiger charge is 2.22. The number of benzene rings is 2. The van der Waals surface area contributed by atoms with Gasteiger partial charge in [0.15, 0.2) is 11.5 Å². The highest BCUT2D eigenvalue weighted by molar-refractivity contribution is 9.10. The molecule has 0 unspecified atom stereocenters. The molecule has 0 aliphatic carbocycles. The normalized spacial score (nSPS) is 10.7. The first-order valence-electron chi connectivity index (χ1n) is 7.05. The molecule has 0 spiro atoms. The van der Waals surface area contributed by atoms with Crippen LogP contribution in [0.2, 0.25) is 0 Å². The van der Waals surface area contributed by atoms with Gasteiger partial charge in [-0.3, -0.25) is 4.79 Å². The number of hydrogen-bond donors (Lipinski definition) is 0. The largest absolute Gasteiger partial charge is 0.420 e. The number of Topliss-reactive ketones (excluding diaryl/α,β-unsaturated/α-hetero) is 1. The lowest BCUT2D eigenvalue weighted by Gasteiger charge is -2.06. The first-order chi connectivity index (χ1) is 11.0. The number of carbonyl (C=O) groups is 2. The highest BCUT2D eigenvalue weighted by Crippen LogP contribution is 2.33. The summed E-state index contributed by atoms with van der Waals surface area (Å²) in [5.74, 6) is -0.341. The van der Waals surface area contributed by atoms with Crippen molar-refractivity contribution in [3.05, 3.63) is 64.3 Å². The SMILES string of the molecule is CC(=O)c1c(OC(=O)c2cccc(Br)c2)c2ccccc2n1C. The van der Waals surface area contributed by atoms with Gasteiger partial charge in [0.25, 0.3) is 0 Å². The molecular weight excluding hydrogens is 358 g/mol. The Morgan fingerprint density at radius 3 is 2.52 bits per heavy atom. The van der Waals surface area contributed by atoms with Gasteiger partial charge in [0.1, 0.15) is 5.69 Å². The molecule has 1 heterocycles. The molecule has 0 saturated heterocycles. The van der Waals surface area contributed by atoms with Gasteiger partial charge in [-0.1, -0.05) is 34.1 Å². The molecule has 0 bridgehead atoms. The van der Waals surface area contributed by atoms with E-state index >= 15 is 0 Å². The van der Waals surface area contributed by atoms with E-state index in [0.717, 1.165) is 15.4 Å². The summed E-state index contributed by atoms with van der Waals surface area (Å²) in [4.78, 5) is 24.4. The van der Waals surface area contributed by atoms with Crippen LogP contribution in [0.1, 0.15) is 27.8 Å². The Morgan fingerprint density at radius 2 is 1.83 bits per heavy atom. The van der Waals surface area contributed by atoms with Crippen LogP contribution in [0.3, 0.4) is 0 Å². The van der Waals surface area contributed by atoms with Gasteiger partial charge in [0.2, 0.25) is 0 Å². The average molecular weight is 372 g/mol. The van der Waals surface area contributed by atoms with Crippen LogP contribution >= 0.6 is 15.9 Å². The molecule has 0 aliphatic heterocycles. The molecule has 23 heavy (non-hydrogen) atoms. The molecule has 116 valence electrons. The number of aromatic nitrogens is 1. The molecule has 4 nitrogen and oxygen atoms in total. The number of hydrogen-bond acceptors (Lipinski definition) is 3. The fourth-order valence-corrected chi connectivity index (χ4v) is 3.02. The number of nitrogens with zero attached hydrogens (tertiary/aromatic N) is 1. The van der Waals surface area contributed by atoms with Gasteiger partial charge in [-0.05, 0) is 30.3 Å². The van der Waals surface area contributed by atoms with E-state index < -0.39 is 5.97 Å². The number of fused-ring (bicyclic) bond motifs is 1. The van der Waals surface area contributed by atoms with Gasteiger partial charge in [-0.2, -0.15) is 0 Å². The summed E-state index contributed by atoms with van der Waals surface area (Å²) in [5, 5.41) is 0.739. The van der Waals surface area contributed by atoms with Crippen molar-refractivity contribution in [1.82, 2.24) is 4.57 Å². The Morgan fingerprint density at radius 1 is 1.09 bits per heavy atom. The smallest absolute Gasteiger partial charge is 0.343 e. The molecule has 2 aromatic carbocycles. The topological polar surface area (TPSA) is 48.3 Å². The van der Waals surface area contributed by atoms with Gasteiger partial charge in [0.05, 0.1) is 11.1 Å². The van der Waals surface area contributed by atoms with E-state index in [1.807, 2.05) is 30.3 Å². The van der Waals surface area contributed by atoms with Crippen molar-refractivity contribution in [3.8, 4) is 5.75 Å². The molecule has 0 amide bonds. The first-order valence-corrected chi connectivity index (χ1v) is 7.84. The number of carbonyl (C=O) groups excluding carboxylic acids is 2. The van der Waals surface area contributed by atoms with Crippen molar-refractivity contribution in [1.29, 1.82) is 0 Å². The van der Waals surface area contributed by atoms with Crippen molar-refractivity contribution in [3.63, 3.8) is 0 Å². The van der Waals surface area contributed by atoms with E-state index in [1.165, 1.54) is 6.92 Å². The zero-order valence-corrected chi connectivity index (χ0v) is 14.3. The summed E-state index contributed by atoms with van der Waals surface area (Å²) < 4.78 is 8.12. The third-order valence-electron chi connectivity index (χ3n) is 3.65. The zero-order chi connectivity index (χ0) is 16.6. The molecule has 0 atom stereocenters. The van der Waals surface area contributed by atoms with Gasteiger partial charge >= 0.3 is 5.97 Å². The molecule has 0 saturated carbocycles. The summed E-state index contributed by atoms with van der Waals surface area (Å²) in [7, 11) is 1.79. The molecule has 0 N–H and O–H groups in total. The van der Waals surface area contributed by atoms with E-state index in [1.54, 1.807) is 29.8 Å². The minimum Gasteiger partial charge on any atom is -0.420 e. The minimum atomic E-state index is -0.495. The molecule has 0 radical (unpaired) electrons. The number of para-hydroxylation sites is 1. The van der Waals surface area contributed by atoms with Crippen molar-refractivity contribution in [2.24, 2.45) is 7.05 Å². The van der Waals surface area contributed by atoms with Crippen LogP contribution in [0, 0.1) is 0 Å². The maximum atomic E-state index is 12.4. The molecular formula is C18H14BrNO3. The standard InChI is InChI=1S/C18H14BrNO3/c1-11(21)16-17(14-8-3-4-9-15(14)20(16)2)23-18(22)12-6-5-7-13(19)10-12/h3-10H,1-2H3. The number of rotatable bonds is 3. The third kappa shape index (κ3) is 2.80. The number of aryl methyl sites for hydroxylation is 1. The maximum absolute atomic E-state index is 12.4. The van der Waals surface area contributed by atoms with Gasteiger partial charge in [-0.15, -0.1) is 0 Å². The fourth-order valence-electron chi connectivity index (χ4n) is 2.62. The second-order valence-electron chi connectivity index (χ2n) is 5.21. The predicted octanol–water partition coefficient (Wildman–Crippen LogP) is 4.36. The third-order valence-corrected chi connectivity index (χ3v) is 4.14. The molecule has 3 rings (SSSR count). The Kier molecular flexibility index (Phi) is 4.05. The second-order valence-corrected chi connectivity index (χ2v) is 6.13. The van der Waals surface area contributed by atoms with Crippen LogP contribution in [0.25, 0.3) is 10.9 Å². The summed E-state index contributed by atoms with van der Waals surface area (Å²) in [6.45, 7) is 1.46. The van der Waals surface area contributed by atoms with Crippen molar-refractivity contribution in [2.75, 3.05) is 0 Å². The number of halogens is 1. The molecule has 0 aliphatic rings. The van der Waals surface area contributed by atoms with E-state index in [0.29, 0.717) is 17.0 Å². The van der Waals surface area contributed by atoms with E-state index in [4.69, 9.17) is 4.74 Å². The monoisotopic (exact) mass is 371 g/mol. The maximum Gasteiger partial charge on any atom is 0.343 e. The lowest BCUT2D eigenvalue weighted by Crippen LogP contribution is -2.11. The van der Waals surface area contributed by atoms with Crippen LogP contribution < -0.4 is 4.74 Å². The van der Waals surface area contributed by atoms with E-state index in [-0.39, 0.29) is 5.78 Å². The van der Waals surface area contributed by atoms with Gasteiger partial charge in [-0.25, -0.2) is 4.79 Å². The Labute approximate surface area is 141 Å². The fraction of sp³-hybridized carbons (Fsp3) is 0.111. The molecule has 5 heteroatoms. The molecule has 0 fully saturated rings. The Hall–Kier alpha value is -2.40. The van der Waals surface area contributed by atoms with Crippen molar-refractivity contribution < 1.29 is 14.3 Å². The summed E-state index contributed by atoms with van der Waals surface area (Å²) >= 11 is 3.33. The quantitative estimate of drug-likeness (QED) is 0.507. The first kappa shape index (κ1) is 15.5. The van der Waals surface area contributed by atoms with Crippen LogP contribution in [0.15, 0.2) is 53.0 Å². The van der Waals surface area contributed by atoms with Crippen LogP contribution in [0.4, 0.5) is 0 Å². The highest BCUT2D eigenvalue weighted by atomic mass is 79.9. The summed E-state index contributed by atoms with van der Waals surface area (Å²) in [6, 6.07) is 14.4. The van der Waals surface area contributed by atoms with Crippen LogP contribution in [-0.2, 0) is 7.05 Å². The van der Waals surface area contributed by atoms with Crippen molar-refractivity contribution >= 4 is 38.6 Å². The minimum absolute atomic E-state index is 0.152. The Balaban J connectivity index is 2.11. The predicted molar refractivity (Wildman–Crippen MR) is 92.0 cm³/mol. The number of esters is 1. The number of ketones is 1. The van der Waals surface area contributed by atoms with Gasteiger partial charge < -0.3 is 9.30 Å².